The Hall–Kier alpha value is -1.63. The molecule has 6 heteroatoms. The van der Waals surface area contributed by atoms with Gasteiger partial charge in [0.15, 0.2) is 17.1 Å². The fraction of sp³-hybridized carbons (Fsp3) is 0.222. The van der Waals surface area contributed by atoms with Crippen LogP contribution in [0.1, 0.15) is 6.92 Å². The maximum absolute atomic E-state index is 11.1. The van der Waals surface area contributed by atoms with Crippen molar-refractivity contribution in [3.8, 4) is 11.5 Å². The predicted octanol–water partition coefficient (Wildman–Crippen LogP) is 0.497. The lowest BCUT2D eigenvalue weighted by Crippen LogP contribution is -2.36. The van der Waals surface area contributed by atoms with Gasteiger partial charge in [0.2, 0.25) is 5.69 Å². The third-order valence-corrected chi connectivity index (χ3v) is 1.67. The van der Waals surface area contributed by atoms with E-state index in [4.69, 9.17) is 5.11 Å². The van der Waals surface area contributed by atoms with E-state index in [-0.39, 0.29) is 17.4 Å². The molecule has 1 aromatic carbocycles. The van der Waals surface area contributed by atoms with Gasteiger partial charge in [-0.3, -0.25) is 0 Å². The molecule has 15 heavy (non-hydrogen) atoms. The average Bonchev–Trinajstić information content (AvgIpc) is 2.18. The highest BCUT2D eigenvalue weighted by molar-refractivity contribution is 5.81. The molecule has 1 amide bonds. The highest BCUT2D eigenvalue weighted by Crippen LogP contribution is 2.28. The Labute approximate surface area is 86.6 Å². The highest BCUT2D eigenvalue weighted by atomic mass is 16.7. The summed E-state index contributed by atoms with van der Waals surface area (Å²) in [7, 11) is 1.30. The van der Waals surface area contributed by atoms with Crippen LogP contribution in [0.4, 0.5) is 5.69 Å². The molecule has 0 saturated heterocycles. The van der Waals surface area contributed by atoms with E-state index < -0.39 is 0 Å². The van der Waals surface area contributed by atoms with Crippen LogP contribution < -0.4 is 10.6 Å². The first-order chi connectivity index (χ1) is 7.06. The van der Waals surface area contributed by atoms with Gasteiger partial charge in [-0.05, 0) is 6.07 Å². The van der Waals surface area contributed by atoms with Crippen LogP contribution in [0.25, 0.3) is 0 Å². The summed E-state index contributed by atoms with van der Waals surface area (Å²) in [6.45, 7) is 1.30. The lowest BCUT2D eigenvalue weighted by atomic mass is 10.2. The number of rotatable bonds is 3. The number of phenols is 2. The molecule has 0 aliphatic rings. The van der Waals surface area contributed by atoms with E-state index in [0.29, 0.717) is 5.69 Å². The summed E-state index contributed by atoms with van der Waals surface area (Å²) in [5, 5.41) is 19.3. The van der Waals surface area contributed by atoms with Crippen molar-refractivity contribution in [2.45, 2.75) is 6.92 Å². The number of carbonyl (C=O) groups excluding carboxylic acids is 1. The van der Waals surface area contributed by atoms with Crippen molar-refractivity contribution in [2.24, 2.45) is 0 Å². The summed E-state index contributed by atoms with van der Waals surface area (Å²) in [5.41, 5.74) is 3.76. The molecule has 0 fully saturated rings. The fourth-order valence-electron chi connectivity index (χ4n) is 1.01. The normalized spacial score (nSPS) is 10.6. The molecule has 2 N–H and O–H groups in total. The summed E-state index contributed by atoms with van der Waals surface area (Å²) < 4.78 is 0. The summed E-state index contributed by atoms with van der Waals surface area (Å²) in [5.74, 6) is -0.966. The minimum Gasteiger partial charge on any atom is -0.504 e. The number of amides is 1. The summed E-state index contributed by atoms with van der Waals surface area (Å²) in [6.07, 6.45) is 0. The van der Waals surface area contributed by atoms with E-state index in [1.807, 2.05) is 0 Å². The van der Waals surface area contributed by atoms with Crippen LogP contribution in [0, 0.1) is 0 Å². The monoisotopic (exact) mass is 211 g/mol. The molecular formula is C9H11N2O4+. The van der Waals surface area contributed by atoms with Gasteiger partial charge in [0.1, 0.15) is 0 Å². The molecule has 80 valence electrons. The molecule has 1 aromatic rings. The van der Waals surface area contributed by atoms with E-state index in [1.54, 1.807) is 0 Å². The minimum atomic E-state index is -0.373. The largest absolute Gasteiger partial charge is 0.504 e. The Morgan fingerprint density at radius 3 is 2.53 bits per heavy atom. The van der Waals surface area contributed by atoms with Crippen molar-refractivity contribution in [1.82, 2.24) is 10.6 Å². The second kappa shape index (κ2) is 4.74. The zero-order valence-corrected chi connectivity index (χ0v) is 8.34. The molecule has 0 aromatic heterocycles. The molecule has 0 spiro atoms. The molecule has 0 heterocycles. The van der Waals surface area contributed by atoms with Crippen molar-refractivity contribution in [3.63, 3.8) is 0 Å². The van der Waals surface area contributed by atoms with Crippen molar-refractivity contribution >= 4 is 11.6 Å². The van der Waals surface area contributed by atoms with Gasteiger partial charge in [0.05, 0.1) is 25.1 Å². The van der Waals surface area contributed by atoms with Crippen LogP contribution in [0.2, 0.25) is 0 Å². The lowest BCUT2D eigenvalue weighted by molar-refractivity contribution is -0.130. The smallest absolute Gasteiger partial charge is 0.389 e. The molecule has 0 unspecified atom stereocenters. The molecule has 2 radical (unpaired) electrons. The van der Waals surface area contributed by atoms with Crippen molar-refractivity contribution < 1.29 is 19.8 Å². The van der Waals surface area contributed by atoms with E-state index >= 15 is 0 Å². The molecule has 0 aliphatic carbocycles. The van der Waals surface area contributed by atoms with Gasteiger partial charge in [0.25, 0.3) is 0 Å². The van der Waals surface area contributed by atoms with Gasteiger partial charge < -0.3 is 10.2 Å². The Morgan fingerprint density at radius 1 is 1.40 bits per heavy atom. The lowest BCUT2D eigenvalue weighted by Gasteiger charge is -2.03. The highest BCUT2D eigenvalue weighted by Gasteiger charge is 2.29. The number of nitrogens with zero attached hydrogens (tertiary/aromatic N) is 2. The number of aromatic hydroxyl groups is 2. The topological polar surface area (TPSA) is 86.8 Å². The van der Waals surface area contributed by atoms with E-state index in [9.17, 15) is 9.90 Å². The fourth-order valence-corrected chi connectivity index (χ4v) is 1.01. The number of anilines is 1. The second-order valence-corrected chi connectivity index (χ2v) is 2.77. The van der Waals surface area contributed by atoms with Crippen LogP contribution in [0.3, 0.4) is 0 Å². The standard InChI is InChI=1S/C9H11N2O4/c1-6(12)11(10-15-2)7-3-4-8(13)9(14)5-7/h3-5,13-14H,1-2H3/q+1. The number of phenolic OH excluding ortho intramolecular Hbond substituents is 2. The minimum absolute atomic E-state index is 0.264. The maximum Gasteiger partial charge on any atom is 0.389 e. The summed E-state index contributed by atoms with van der Waals surface area (Å²) >= 11 is 0. The molecule has 6 nitrogen and oxygen atoms in total. The molecule has 0 saturated carbocycles. The first kappa shape index (κ1) is 11.4. The van der Waals surface area contributed by atoms with Gasteiger partial charge in [-0.1, -0.05) is 0 Å². The van der Waals surface area contributed by atoms with Gasteiger partial charge in [-0.15, -0.1) is 0 Å². The van der Waals surface area contributed by atoms with E-state index in [0.717, 1.165) is 5.01 Å². The zero-order chi connectivity index (χ0) is 11.4. The Morgan fingerprint density at radius 2 is 2.07 bits per heavy atom. The zero-order valence-electron chi connectivity index (χ0n) is 8.34. The van der Waals surface area contributed by atoms with Crippen LogP contribution in [0.15, 0.2) is 18.2 Å². The van der Waals surface area contributed by atoms with Gasteiger partial charge in [-0.2, -0.15) is 0 Å². The molecular weight excluding hydrogens is 200 g/mol. The van der Waals surface area contributed by atoms with E-state index in [2.05, 4.69) is 10.4 Å². The summed E-state index contributed by atoms with van der Waals surface area (Å²) in [4.78, 5) is 15.6. The van der Waals surface area contributed by atoms with Crippen LogP contribution in [-0.4, -0.2) is 23.2 Å². The Bertz CT molecular complexity index is 367. The third-order valence-electron chi connectivity index (χ3n) is 1.67. The molecule has 0 atom stereocenters. The van der Waals surface area contributed by atoms with Crippen LogP contribution >= 0.6 is 0 Å². The van der Waals surface area contributed by atoms with Crippen molar-refractivity contribution in [2.75, 3.05) is 7.11 Å². The maximum atomic E-state index is 11.1. The third kappa shape index (κ3) is 2.66. The molecule has 0 bridgehead atoms. The SMILES string of the molecule is CO[N][N+](C(C)=O)c1ccc(O)c(O)c1. The molecule has 1 rings (SSSR count). The first-order valence-electron chi connectivity index (χ1n) is 4.13. The first-order valence-corrected chi connectivity index (χ1v) is 4.13. The molecule has 0 aliphatic heterocycles. The van der Waals surface area contributed by atoms with Crippen LogP contribution in [-0.2, 0) is 9.63 Å². The number of benzene rings is 1. The van der Waals surface area contributed by atoms with Crippen LogP contribution in [0.5, 0.6) is 11.5 Å². The Balaban J connectivity index is 3.01. The quantitative estimate of drug-likeness (QED) is 0.433. The summed E-state index contributed by atoms with van der Waals surface area (Å²) in [6, 6.07) is 3.89. The Kier molecular flexibility index (Phi) is 3.62. The average molecular weight is 211 g/mol. The second-order valence-electron chi connectivity index (χ2n) is 2.77. The van der Waals surface area contributed by atoms with Gasteiger partial charge in [0, 0.05) is 6.07 Å². The number of hydrogen-bond donors (Lipinski definition) is 2. The van der Waals surface area contributed by atoms with Gasteiger partial charge >= 0.3 is 5.91 Å². The number of hydrogen-bond acceptors (Lipinski definition) is 4. The van der Waals surface area contributed by atoms with E-state index in [1.165, 1.54) is 32.2 Å². The van der Waals surface area contributed by atoms with Crippen molar-refractivity contribution in [1.29, 1.82) is 0 Å². The number of carbonyl (C=O) groups is 1. The van der Waals surface area contributed by atoms with Crippen molar-refractivity contribution in [3.05, 3.63) is 18.2 Å². The predicted molar refractivity (Wildman–Crippen MR) is 51.4 cm³/mol. The van der Waals surface area contributed by atoms with Gasteiger partial charge in [-0.25, -0.2) is 9.63 Å².